The summed E-state index contributed by atoms with van der Waals surface area (Å²) in [5, 5.41) is 60.1. The number of nitrogens with zero attached hydrogens (tertiary/aromatic N) is 3. The zero-order valence-corrected chi connectivity index (χ0v) is 15.3. The minimum Gasteiger partial charge on any atom is -0.389 e. The molecule has 1 heterocycles. The predicted octanol–water partition coefficient (Wildman–Crippen LogP) is -1.43. The molecule has 26 heavy (non-hydrogen) atoms. The second-order valence-electron chi connectivity index (χ2n) is 7.07. The lowest BCUT2D eigenvalue weighted by Crippen LogP contribution is -2.67. The Bertz CT molecular complexity index is 513. The number of hydrogen-bond donors (Lipinski definition) is 6. The largest absolute Gasteiger partial charge is 0.389 e. The molecular formula is C17H32N4O5. The van der Waals surface area contributed by atoms with E-state index in [-0.39, 0.29) is 0 Å². The van der Waals surface area contributed by atoms with Crippen LogP contribution in [0.3, 0.4) is 0 Å². The third-order valence-electron chi connectivity index (χ3n) is 4.95. The van der Waals surface area contributed by atoms with Crippen LogP contribution in [0.25, 0.3) is 0 Å². The summed E-state index contributed by atoms with van der Waals surface area (Å²) in [5.74, 6) is 0. The molecular weight excluding hydrogens is 340 g/mol. The van der Waals surface area contributed by atoms with Crippen LogP contribution in [0.1, 0.15) is 44.7 Å². The van der Waals surface area contributed by atoms with Gasteiger partial charge in [-0.15, -0.1) is 5.10 Å². The van der Waals surface area contributed by atoms with Gasteiger partial charge in [-0.2, -0.15) is 0 Å². The van der Waals surface area contributed by atoms with Gasteiger partial charge in [0.2, 0.25) is 0 Å². The Morgan fingerprint density at radius 3 is 2.23 bits per heavy atom. The molecule has 2 rings (SSSR count). The number of rotatable bonds is 10. The Balaban J connectivity index is 1.70. The summed E-state index contributed by atoms with van der Waals surface area (Å²) < 4.78 is 1.85. The molecule has 2 unspecified atom stereocenters. The van der Waals surface area contributed by atoms with Crippen LogP contribution in [0, 0.1) is 0 Å². The monoisotopic (exact) mass is 372 g/mol. The van der Waals surface area contributed by atoms with Crippen molar-refractivity contribution in [1.82, 2.24) is 20.3 Å². The van der Waals surface area contributed by atoms with Gasteiger partial charge in [-0.05, 0) is 25.8 Å². The van der Waals surface area contributed by atoms with Crippen LogP contribution in [0.2, 0.25) is 0 Å². The first kappa shape index (κ1) is 21.2. The molecule has 1 saturated carbocycles. The van der Waals surface area contributed by atoms with E-state index in [0.717, 1.165) is 18.7 Å². The quantitative estimate of drug-likeness (QED) is 0.274. The fourth-order valence-corrected chi connectivity index (χ4v) is 3.28. The molecule has 1 fully saturated rings. The molecule has 6 N–H and O–H groups in total. The highest BCUT2D eigenvalue weighted by Crippen LogP contribution is 2.21. The van der Waals surface area contributed by atoms with Crippen molar-refractivity contribution in [3.8, 4) is 0 Å². The van der Waals surface area contributed by atoms with Gasteiger partial charge in [-0.3, -0.25) is 4.68 Å². The second-order valence-corrected chi connectivity index (χ2v) is 7.07. The Hall–Kier alpha value is -1.10. The number of nitrogens with one attached hydrogen (secondary N) is 1. The van der Waals surface area contributed by atoms with E-state index in [9.17, 15) is 25.5 Å². The topological polar surface area (TPSA) is 144 Å². The molecule has 0 radical (unpaired) electrons. The molecule has 0 bridgehead atoms. The molecule has 0 amide bonds. The van der Waals surface area contributed by atoms with Gasteiger partial charge in [0.15, 0.2) is 0 Å². The smallest absolute Gasteiger partial charge is 0.111 e. The molecule has 0 saturated heterocycles. The standard InChI is InChI=1S/C17H32N4O5/c1-2-3-4-5-9-21-10-11(19-20-21)7-6-8-18-12-13(22)15(24)17(26)16(25)14(12)23/h10,12-18,22-26H,2-9H2,1H3/t12?,13-,14+,15+,16-,17?. The van der Waals surface area contributed by atoms with E-state index >= 15 is 0 Å². The van der Waals surface area contributed by atoms with Crippen molar-refractivity contribution in [2.75, 3.05) is 6.54 Å². The van der Waals surface area contributed by atoms with Gasteiger partial charge in [0.25, 0.3) is 0 Å². The number of aryl methyl sites for hydroxylation is 2. The van der Waals surface area contributed by atoms with Crippen LogP contribution in [-0.4, -0.2) is 83.6 Å². The highest BCUT2D eigenvalue weighted by Gasteiger charge is 2.47. The SMILES string of the molecule is CCCCCCn1cc(CCCNC2[C@@H](O)[C@H](O)C(O)[C@H](O)[C@H]2O)nn1. The van der Waals surface area contributed by atoms with Crippen molar-refractivity contribution in [1.29, 1.82) is 0 Å². The summed E-state index contributed by atoms with van der Waals surface area (Å²) in [6.07, 6.45) is 0.746. The van der Waals surface area contributed by atoms with Gasteiger partial charge >= 0.3 is 0 Å². The number of aromatic nitrogens is 3. The lowest BCUT2D eigenvalue weighted by molar-refractivity contribution is -0.190. The molecule has 9 nitrogen and oxygen atoms in total. The van der Waals surface area contributed by atoms with Gasteiger partial charge in [-0.1, -0.05) is 31.4 Å². The Labute approximate surface area is 153 Å². The van der Waals surface area contributed by atoms with Crippen molar-refractivity contribution in [3.05, 3.63) is 11.9 Å². The summed E-state index contributed by atoms with van der Waals surface area (Å²) in [7, 11) is 0. The lowest BCUT2D eigenvalue weighted by atomic mass is 9.83. The van der Waals surface area contributed by atoms with Crippen LogP contribution < -0.4 is 5.32 Å². The van der Waals surface area contributed by atoms with Crippen molar-refractivity contribution >= 4 is 0 Å². The molecule has 1 aliphatic carbocycles. The van der Waals surface area contributed by atoms with Gasteiger partial charge in [0.05, 0.1) is 11.7 Å². The summed E-state index contributed by atoms with van der Waals surface area (Å²) in [4.78, 5) is 0. The summed E-state index contributed by atoms with van der Waals surface area (Å²) in [6.45, 7) is 3.50. The fraction of sp³-hybridized carbons (Fsp3) is 0.882. The van der Waals surface area contributed by atoms with Crippen molar-refractivity contribution in [2.45, 2.75) is 88.6 Å². The maximum Gasteiger partial charge on any atom is 0.111 e. The number of unbranched alkanes of at least 4 members (excludes halogenated alkanes) is 3. The van der Waals surface area contributed by atoms with E-state index in [4.69, 9.17) is 0 Å². The Kier molecular flexibility index (Phi) is 8.39. The highest BCUT2D eigenvalue weighted by atomic mass is 16.4. The molecule has 9 heteroatoms. The van der Waals surface area contributed by atoms with Crippen LogP contribution in [-0.2, 0) is 13.0 Å². The Morgan fingerprint density at radius 1 is 0.923 bits per heavy atom. The van der Waals surface area contributed by atoms with E-state index in [1.54, 1.807) is 0 Å². The van der Waals surface area contributed by atoms with Crippen LogP contribution in [0.4, 0.5) is 0 Å². The molecule has 0 aromatic carbocycles. The summed E-state index contributed by atoms with van der Waals surface area (Å²) in [5.41, 5.74) is 0.877. The first-order valence-electron chi connectivity index (χ1n) is 9.48. The number of hydrogen-bond acceptors (Lipinski definition) is 8. The molecule has 0 spiro atoms. The average molecular weight is 372 g/mol. The van der Waals surface area contributed by atoms with E-state index in [2.05, 4.69) is 22.6 Å². The Morgan fingerprint density at radius 2 is 1.58 bits per heavy atom. The first-order valence-corrected chi connectivity index (χ1v) is 9.48. The van der Waals surface area contributed by atoms with E-state index in [0.29, 0.717) is 19.4 Å². The third kappa shape index (κ3) is 5.45. The molecule has 0 aliphatic heterocycles. The number of aliphatic hydroxyl groups excluding tert-OH is 5. The fourth-order valence-electron chi connectivity index (χ4n) is 3.28. The van der Waals surface area contributed by atoms with E-state index in [1.807, 2.05) is 10.9 Å². The lowest BCUT2D eigenvalue weighted by Gasteiger charge is -2.42. The highest BCUT2D eigenvalue weighted by molar-refractivity contribution is 5.02. The molecule has 6 atom stereocenters. The molecule has 1 aromatic heterocycles. The zero-order chi connectivity index (χ0) is 19.1. The summed E-state index contributed by atoms with van der Waals surface area (Å²) in [6, 6.07) is -0.905. The van der Waals surface area contributed by atoms with Crippen LogP contribution in [0.5, 0.6) is 0 Å². The van der Waals surface area contributed by atoms with Crippen molar-refractivity contribution < 1.29 is 25.5 Å². The van der Waals surface area contributed by atoms with E-state index in [1.165, 1.54) is 19.3 Å². The van der Waals surface area contributed by atoms with Crippen LogP contribution in [0.15, 0.2) is 6.20 Å². The predicted molar refractivity (Wildman–Crippen MR) is 94.3 cm³/mol. The minimum atomic E-state index is -1.56. The van der Waals surface area contributed by atoms with Crippen molar-refractivity contribution in [2.24, 2.45) is 0 Å². The minimum absolute atomic E-state index is 0.456. The van der Waals surface area contributed by atoms with E-state index < -0.39 is 36.6 Å². The van der Waals surface area contributed by atoms with Crippen LogP contribution >= 0.6 is 0 Å². The van der Waals surface area contributed by atoms with Gasteiger partial charge in [0, 0.05) is 12.7 Å². The molecule has 1 aromatic rings. The van der Waals surface area contributed by atoms with Gasteiger partial charge in [0.1, 0.15) is 30.5 Å². The average Bonchev–Trinajstić information content (AvgIpc) is 3.09. The van der Waals surface area contributed by atoms with Gasteiger partial charge < -0.3 is 30.8 Å². The normalized spacial score (nSPS) is 32.1. The second kappa shape index (κ2) is 10.3. The van der Waals surface area contributed by atoms with Crippen molar-refractivity contribution in [3.63, 3.8) is 0 Å². The maximum absolute atomic E-state index is 9.97. The zero-order valence-electron chi connectivity index (χ0n) is 15.3. The molecule has 150 valence electrons. The third-order valence-corrected chi connectivity index (χ3v) is 4.95. The van der Waals surface area contributed by atoms with Gasteiger partial charge in [-0.25, -0.2) is 0 Å². The maximum atomic E-state index is 9.97. The molecule has 1 aliphatic rings. The number of aliphatic hydroxyl groups is 5. The first-order chi connectivity index (χ1) is 12.5. The summed E-state index contributed by atoms with van der Waals surface area (Å²) >= 11 is 0.